The molecule has 1 heterocycles. The molecular weight excluding hydrogens is 269 g/mol. The Labute approximate surface area is 117 Å². The number of nitrogens with one attached hydrogen (secondary N) is 1. The third kappa shape index (κ3) is 5.27. The predicted molar refractivity (Wildman–Crippen MR) is 73.0 cm³/mol. The van der Waals surface area contributed by atoms with Crippen LogP contribution in [0.25, 0.3) is 0 Å². The van der Waals surface area contributed by atoms with E-state index in [1.54, 1.807) is 6.92 Å². The number of alkyl halides is 3. The van der Waals surface area contributed by atoms with Gasteiger partial charge >= 0.3 is 6.18 Å². The van der Waals surface area contributed by atoms with E-state index >= 15 is 0 Å². The third-order valence-electron chi connectivity index (χ3n) is 2.78. The molecule has 0 aromatic carbocycles. The number of halogens is 3. The first-order chi connectivity index (χ1) is 9.36. The van der Waals surface area contributed by atoms with E-state index in [4.69, 9.17) is 4.74 Å². The predicted octanol–water partition coefficient (Wildman–Crippen LogP) is 4.35. The van der Waals surface area contributed by atoms with Crippen LogP contribution in [0.1, 0.15) is 39.2 Å². The highest BCUT2D eigenvalue weighted by Gasteiger charge is 2.32. The summed E-state index contributed by atoms with van der Waals surface area (Å²) in [5.74, 6) is 0.484. The molecule has 3 nitrogen and oxygen atoms in total. The van der Waals surface area contributed by atoms with Gasteiger partial charge in [0.1, 0.15) is 5.82 Å². The van der Waals surface area contributed by atoms with Crippen molar-refractivity contribution in [2.24, 2.45) is 5.92 Å². The first kappa shape index (κ1) is 16.6. The Morgan fingerprint density at radius 1 is 1.30 bits per heavy atom. The first-order valence-corrected chi connectivity index (χ1v) is 6.82. The molecule has 1 aromatic heterocycles. The maximum absolute atomic E-state index is 12.8. The number of aromatic nitrogens is 1. The van der Waals surface area contributed by atoms with Crippen molar-refractivity contribution in [3.05, 3.63) is 17.7 Å². The molecule has 1 aromatic rings. The zero-order valence-electron chi connectivity index (χ0n) is 12.0. The molecule has 0 saturated heterocycles. The highest BCUT2D eigenvalue weighted by atomic mass is 19.4. The van der Waals surface area contributed by atoms with E-state index in [0.717, 1.165) is 25.0 Å². The number of pyridine rings is 1. The van der Waals surface area contributed by atoms with Crippen LogP contribution in [0.15, 0.2) is 12.1 Å². The van der Waals surface area contributed by atoms with Gasteiger partial charge in [-0.05, 0) is 25.3 Å². The Morgan fingerprint density at radius 2 is 2.00 bits per heavy atom. The second-order valence-electron chi connectivity index (χ2n) is 4.81. The van der Waals surface area contributed by atoms with Gasteiger partial charge in [0, 0.05) is 12.6 Å². The van der Waals surface area contributed by atoms with Gasteiger partial charge < -0.3 is 10.1 Å². The Kier molecular flexibility index (Phi) is 6.10. The zero-order valence-corrected chi connectivity index (χ0v) is 12.0. The summed E-state index contributed by atoms with van der Waals surface area (Å²) < 4.78 is 43.8. The third-order valence-corrected chi connectivity index (χ3v) is 2.78. The van der Waals surface area contributed by atoms with Crippen molar-refractivity contribution in [1.29, 1.82) is 0 Å². The van der Waals surface area contributed by atoms with Crippen molar-refractivity contribution in [2.75, 3.05) is 18.5 Å². The molecule has 0 spiro atoms. The van der Waals surface area contributed by atoms with E-state index in [9.17, 15) is 13.2 Å². The number of anilines is 1. The average Bonchev–Trinajstić information content (AvgIpc) is 2.36. The van der Waals surface area contributed by atoms with Crippen molar-refractivity contribution >= 4 is 5.82 Å². The number of nitrogens with zero attached hydrogens (tertiary/aromatic N) is 1. The second kappa shape index (κ2) is 7.36. The summed E-state index contributed by atoms with van der Waals surface area (Å²) in [6, 6.07) is 1.94. The minimum Gasteiger partial charge on any atom is -0.477 e. The van der Waals surface area contributed by atoms with Crippen LogP contribution in [0, 0.1) is 5.92 Å². The van der Waals surface area contributed by atoms with Gasteiger partial charge in [0.05, 0.1) is 12.2 Å². The molecule has 0 aliphatic carbocycles. The molecule has 1 atom stereocenters. The van der Waals surface area contributed by atoms with Gasteiger partial charge in [-0.2, -0.15) is 18.2 Å². The van der Waals surface area contributed by atoms with Gasteiger partial charge in [-0.25, -0.2) is 0 Å². The Morgan fingerprint density at radius 3 is 2.55 bits per heavy atom. The molecule has 0 aliphatic heterocycles. The van der Waals surface area contributed by atoms with Crippen molar-refractivity contribution in [3.63, 3.8) is 0 Å². The summed E-state index contributed by atoms with van der Waals surface area (Å²) in [6.45, 7) is 6.73. The van der Waals surface area contributed by atoms with Gasteiger partial charge in [0.25, 0.3) is 0 Å². The second-order valence-corrected chi connectivity index (χ2v) is 4.81. The van der Waals surface area contributed by atoms with E-state index in [-0.39, 0.29) is 11.7 Å². The Bertz CT molecular complexity index is 421. The van der Waals surface area contributed by atoms with E-state index in [0.29, 0.717) is 19.1 Å². The molecule has 0 radical (unpaired) electrons. The lowest BCUT2D eigenvalue weighted by Gasteiger charge is -2.15. The molecule has 0 aliphatic rings. The molecule has 114 valence electrons. The molecule has 0 amide bonds. The van der Waals surface area contributed by atoms with Gasteiger partial charge in [0.15, 0.2) is 0 Å². The van der Waals surface area contributed by atoms with Gasteiger partial charge in [0.2, 0.25) is 5.88 Å². The first-order valence-electron chi connectivity index (χ1n) is 6.82. The molecule has 0 saturated carbocycles. The van der Waals surface area contributed by atoms with Crippen molar-refractivity contribution < 1.29 is 17.9 Å². The van der Waals surface area contributed by atoms with E-state index < -0.39 is 11.7 Å². The van der Waals surface area contributed by atoms with Crippen LogP contribution >= 0.6 is 0 Å². The fraction of sp³-hybridized carbons (Fsp3) is 0.643. The quantitative estimate of drug-likeness (QED) is 0.810. The van der Waals surface area contributed by atoms with E-state index in [2.05, 4.69) is 17.2 Å². The van der Waals surface area contributed by atoms with Gasteiger partial charge in [-0.15, -0.1) is 0 Å². The lowest BCUT2D eigenvalue weighted by molar-refractivity contribution is -0.137. The van der Waals surface area contributed by atoms with Crippen LogP contribution in [0.4, 0.5) is 19.0 Å². The molecule has 0 fully saturated rings. The fourth-order valence-corrected chi connectivity index (χ4v) is 1.82. The highest BCUT2D eigenvalue weighted by Crippen LogP contribution is 2.32. The van der Waals surface area contributed by atoms with Crippen LogP contribution < -0.4 is 10.1 Å². The van der Waals surface area contributed by atoms with E-state index in [1.807, 2.05) is 6.92 Å². The number of hydrogen-bond acceptors (Lipinski definition) is 3. The summed E-state index contributed by atoms with van der Waals surface area (Å²) in [6.07, 6.45) is -2.41. The van der Waals surface area contributed by atoms with Crippen LogP contribution in [0.3, 0.4) is 0 Å². The van der Waals surface area contributed by atoms with Crippen LogP contribution in [0.5, 0.6) is 5.88 Å². The Hall–Kier alpha value is -1.46. The molecular formula is C14H21F3N2O. The number of rotatable bonds is 7. The highest BCUT2D eigenvalue weighted by molar-refractivity contribution is 5.42. The largest absolute Gasteiger partial charge is 0.477 e. The van der Waals surface area contributed by atoms with E-state index in [1.165, 1.54) is 0 Å². The Balaban J connectivity index is 2.86. The van der Waals surface area contributed by atoms with Crippen molar-refractivity contribution in [3.8, 4) is 5.88 Å². The molecule has 6 heteroatoms. The SMILES string of the molecule is CCCC(C)COc1cc(C(F)(F)F)cc(NCC)n1. The monoisotopic (exact) mass is 290 g/mol. The smallest absolute Gasteiger partial charge is 0.416 e. The lowest BCUT2D eigenvalue weighted by atomic mass is 10.1. The summed E-state index contributed by atoms with van der Waals surface area (Å²) >= 11 is 0. The fourth-order valence-electron chi connectivity index (χ4n) is 1.82. The minimum absolute atomic E-state index is 0.0127. The van der Waals surface area contributed by atoms with Crippen molar-refractivity contribution in [2.45, 2.75) is 39.8 Å². The van der Waals surface area contributed by atoms with Gasteiger partial charge in [-0.3, -0.25) is 0 Å². The molecule has 1 N–H and O–H groups in total. The van der Waals surface area contributed by atoms with Crippen LogP contribution in [-0.4, -0.2) is 18.1 Å². The van der Waals surface area contributed by atoms with Gasteiger partial charge in [-0.1, -0.05) is 20.3 Å². The molecule has 20 heavy (non-hydrogen) atoms. The number of ether oxygens (including phenoxy) is 1. The molecule has 1 unspecified atom stereocenters. The van der Waals surface area contributed by atoms with Crippen molar-refractivity contribution in [1.82, 2.24) is 4.98 Å². The molecule has 1 rings (SSSR count). The normalized spacial score (nSPS) is 13.1. The summed E-state index contributed by atoms with van der Waals surface area (Å²) in [5.41, 5.74) is -0.749. The standard InChI is InChI=1S/C14H21F3N2O/c1-4-6-10(3)9-20-13-8-11(14(15,16)17)7-12(19-13)18-5-2/h7-8,10H,4-6,9H2,1-3H3,(H,18,19). The van der Waals surface area contributed by atoms with Crippen LogP contribution in [-0.2, 0) is 6.18 Å². The topological polar surface area (TPSA) is 34.1 Å². The average molecular weight is 290 g/mol. The van der Waals surface area contributed by atoms with Crippen LogP contribution in [0.2, 0.25) is 0 Å². The molecule has 0 bridgehead atoms. The number of hydrogen-bond donors (Lipinski definition) is 1. The maximum Gasteiger partial charge on any atom is 0.416 e. The minimum atomic E-state index is -4.40. The zero-order chi connectivity index (χ0) is 15.2. The lowest BCUT2D eigenvalue weighted by Crippen LogP contribution is -2.12. The summed E-state index contributed by atoms with van der Waals surface area (Å²) in [4.78, 5) is 4.04. The summed E-state index contributed by atoms with van der Waals surface area (Å²) in [5, 5.41) is 2.78. The summed E-state index contributed by atoms with van der Waals surface area (Å²) in [7, 11) is 0. The maximum atomic E-state index is 12.8.